The minimum Gasteiger partial charge on any atom is -0.160 e. The van der Waals surface area contributed by atoms with E-state index >= 15 is 0 Å². The van der Waals surface area contributed by atoms with Crippen LogP contribution in [-0.4, -0.2) is 16.3 Å². The summed E-state index contributed by atoms with van der Waals surface area (Å²) in [5, 5.41) is 0. The minimum absolute atomic E-state index is 0.716. The molecule has 0 bridgehead atoms. The van der Waals surface area contributed by atoms with Gasteiger partial charge in [-0.1, -0.05) is 47.1 Å². The molecule has 0 N–H and O–H groups in total. The second-order valence-corrected chi connectivity index (χ2v) is 6.44. The smallest absolute Gasteiger partial charge is 0.0275 e. The summed E-state index contributed by atoms with van der Waals surface area (Å²) in [6, 6.07) is 9.12. The highest BCUT2D eigenvalue weighted by Gasteiger charge is 2.25. The van der Waals surface area contributed by atoms with E-state index in [1.54, 1.807) is 0 Å². The van der Waals surface area contributed by atoms with Crippen LogP contribution in [0.15, 0.2) is 24.3 Å². The molecule has 1 saturated heterocycles. The monoisotopic (exact) mass is 284 g/mol. The Morgan fingerprint density at radius 2 is 1.87 bits per heavy atom. The van der Waals surface area contributed by atoms with Crippen molar-refractivity contribution in [2.45, 2.75) is 24.6 Å². The Hall–Kier alpha value is 0.0500. The molecule has 2 rings (SSSR count). The first-order valence-corrected chi connectivity index (χ1v) is 7.66. The molecule has 1 aliphatic heterocycles. The van der Waals surface area contributed by atoms with Crippen LogP contribution >= 0.6 is 27.7 Å². The molecular formula is C13H17BrS. The van der Waals surface area contributed by atoms with Gasteiger partial charge >= 0.3 is 0 Å². The highest BCUT2D eigenvalue weighted by Crippen LogP contribution is 2.32. The summed E-state index contributed by atoms with van der Waals surface area (Å²) < 4.78 is 0. The molecule has 2 atom stereocenters. The Kier molecular flexibility index (Phi) is 4.15. The first kappa shape index (κ1) is 11.5. The molecule has 0 saturated carbocycles. The second-order valence-electron chi connectivity index (χ2n) is 4.19. The molecule has 1 heterocycles. The van der Waals surface area contributed by atoms with E-state index in [0.717, 1.165) is 12.3 Å². The molecule has 15 heavy (non-hydrogen) atoms. The van der Waals surface area contributed by atoms with Gasteiger partial charge in [0, 0.05) is 10.6 Å². The summed E-state index contributed by atoms with van der Waals surface area (Å²) in [4.78, 5) is 0.716. The van der Waals surface area contributed by atoms with Crippen LogP contribution < -0.4 is 0 Å². The van der Waals surface area contributed by atoms with E-state index in [2.05, 4.69) is 58.9 Å². The van der Waals surface area contributed by atoms with Gasteiger partial charge in [0.05, 0.1) is 0 Å². The molecule has 1 aromatic rings. The summed E-state index contributed by atoms with van der Waals surface area (Å²) >= 11 is 5.84. The van der Waals surface area contributed by atoms with Gasteiger partial charge in [-0.2, -0.15) is 11.8 Å². The standard InChI is InChI=1S/C13H17BrS/c1-2-10-3-5-11(6-4-10)7-12-8-15-9-13(12)14/h3-6,12-13H,2,7-9H2,1H3. The van der Waals surface area contributed by atoms with Gasteiger partial charge in [-0.3, -0.25) is 0 Å². The third-order valence-electron chi connectivity index (χ3n) is 3.05. The number of halogens is 1. The summed E-state index contributed by atoms with van der Waals surface area (Å²) in [6.45, 7) is 2.21. The Bertz CT molecular complexity index is 307. The predicted octanol–water partition coefficient (Wildman–Crippen LogP) is 3.92. The van der Waals surface area contributed by atoms with Crippen molar-refractivity contribution in [1.82, 2.24) is 0 Å². The van der Waals surface area contributed by atoms with Crippen LogP contribution in [0.3, 0.4) is 0 Å². The van der Waals surface area contributed by atoms with Crippen LogP contribution in [-0.2, 0) is 12.8 Å². The van der Waals surface area contributed by atoms with E-state index < -0.39 is 0 Å². The van der Waals surface area contributed by atoms with E-state index in [1.807, 2.05) is 0 Å². The lowest BCUT2D eigenvalue weighted by molar-refractivity contribution is 0.616. The zero-order valence-electron chi connectivity index (χ0n) is 9.08. The van der Waals surface area contributed by atoms with E-state index in [4.69, 9.17) is 0 Å². The highest BCUT2D eigenvalue weighted by atomic mass is 79.9. The third kappa shape index (κ3) is 3.01. The van der Waals surface area contributed by atoms with Crippen molar-refractivity contribution in [3.05, 3.63) is 35.4 Å². The second kappa shape index (κ2) is 5.40. The van der Waals surface area contributed by atoms with Crippen molar-refractivity contribution >= 4 is 27.7 Å². The number of rotatable bonds is 3. The third-order valence-corrected chi connectivity index (χ3v) is 5.81. The Morgan fingerprint density at radius 1 is 1.20 bits per heavy atom. The number of hydrogen-bond donors (Lipinski definition) is 0. The Morgan fingerprint density at radius 3 is 2.40 bits per heavy atom. The summed E-state index contributed by atoms with van der Waals surface area (Å²) in [5.41, 5.74) is 2.93. The van der Waals surface area contributed by atoms with Crippen LogP contribution in [0.25, 0.3) is 0 Å². The molecule has 82 valence electrons. The number of aryl methyl sites for hydroxylation is 1. The maximum absolute atomic E-state index is 3.77. The molecule has 2 heteroatoms. The normalized spacial score (nSPS) is 25.7. The molecule has 1 fully saturated rings. The first-order chi connectivity index (χ1) is 7.29. The maximum Gasteiger partial charge on any atom is 0.0275 e. The quantitative estimate of drug-likeness (QED) is 0.759. The van der Waals surface area contributed by atoms with E-state index in [1.165, 1.54) is 29.1 Å². The van der Waals surface area contributed by atoms with Crippen molar-refractivity contribution in [3.63, 3.8) is 0 Å². The SMILES string of the molecule is CCc1ccc(CC2CSCC2Br)cc1. The predicted molar refractivity (Wildman–Crippen MR) is 73.1 cm³/mol. The van der Waals surface area contributed by atoms with Crippen LogP contribution in [0.1, 0.15) is 18.1 Å². The lowest BCUT2D eigenvalue weighted by atomic mass is 9.98. The summed E-state index contributed by atoms with van der Waals surface area (Å²) in [7, 11) is 0. The summed E-state index contributed by atoms with van der Waals surface area (Å²) in [6.07, 6.45) is 2.37. The molecular weight excluding hydrogens is 268 g/mol. The molecule has 2 unspecified atom stereocenters. The zero-order valence-corrected chi connectivity index (χ0v) is 11.5. The van der Waals surface area contributed by atoms with Crippen molar-refractivity contribution < 1.29 is 0 Å². The average Bonchev–Trinajstić information content (AvgIpc) is 2.66. The Balaban J connectivity index is 1.98. The maximum atomic E-state index is 3.77. The van der Waals surface area contributed by atoms with Gasteiger partial charge in [-0.25, -0.2) is 0 Å². The fraction of sp³-hybridized carbons (Fsp3) is 0.538. The van der Waals surface area contributed by atoms with Gasteiger partial charge in [0.25, 0.3) is 0 Å². The minimum atomic E-state index is 0.716. The van der Waals surface area contributed by atoms with Crippen molar-refractivity contribution in [3.8, 4) is 0 Å². The number of benzene rings is 1. The van der Waals surface area contributed by atoms with E-state index in [9.17, 15) is 0 Å². The number of alkyl halides is 1. The molecule has 1 aliphatic rings. The summed E-state index contributed by atoms with van der Waals surface area (Å²) in [5.74, 6) is 3.41. The molecule has 0 nitrogen and oxygen atoms in total. The van der Waals surface area contributed by atoms with Crippen LogP contribution in [0.5, 0.6) is 0 Å². The van der Waals surface area contributed by atoms with Gasteiger partial charge in [-0.05, 0) is 35.6 Å². The first-order valence-electron chi connectivity index (χ1n) is 5.59. The zero-order chi connectivity index (χ0) is 10.7. The molecule has 1 aromatic carbocycles. The van der Waals surface area contributed by atoms with Gasteiger partial charge in [0.2, 0.25) is 0 Å². The fourth-order valence-electron chi connectivity index (χ4n) is 1.97. The van der Waals surface area contributed by atoms with E-state index in [0.29, 0.717) is 4.83 Å². The highest BCUT2D eigenvalue weighted by molar-refractivity contribution is 9.09. The van der Waals surface area contributed by atoms with Crippen LogP contribution in [0.2, 0.25) is 0 Å². The number of hydrogen-bond acceptors (Lipinski definition) is 1. The number of thioether (sulfide) groups is 1. The molecule has 0 aromatic heterocycles. The lowest BCUT2D eigenvalue weighted by Crippen LogP contribution is -2.14. The topological polar surface area (TPSA) is 0 Å². The molecule has 0 amide bonds. The van der Waals surface area contributed by atoms with Crippen molar-refractivity contribution in [1.29, 1.82) is 0 Å². The molecule has 0 aliphatic carbocycles. The van der Waals surface area contributed by atoms with Crippen LogP contribution in [0, 0.1) is 5.92 Å². The van der Waals surface area contributed by atoms with Crippen LogP contribution in [0.4, 0.5) is 0 Å². The Labute approximate surface area is 105 Å². The van der Waals surface area contributed by atoms with Crippen molar-refractivity contribution in [2.24, 2.45) is 5.92 Å². The lowest BCUT2D eigenvalue weighted by Gasteiger charge is -2.12. The van der Waals surface area contributed by atoms with Crippen molar-refractivity contribution in [2.75, 3.05) is 11.5 Å². The van der Waals surface area contributed by atoms with Gasteiger partial charge in [0.1, 0.15) is 0 Å². The molecule has 0 spiro atoms. The van der Waals surface area contributed by atoms with Gasteiger partial charge < -0.3 is 0 Å². The van der Waals surface area contributed by atoms with Gasteiger partial charge in [-0.15, -0.1) is 0 Å². The van der Waals surface area contributed by atoms with Gasteiger partial charge in [0.15, 0.2) is 0 Å². The molecule has 0 radical (unpaired) electrons. The van der Waals surface area contributed by atoms with E-state index in [-0.39, 0.29) is 0 Å². The largest absolute Gasteiger partial charge is 0.160 e. The average molecular weight is 285 g/mol. The fourth-order valence-corrected chi connectivity index (χ4v) is 4.44.